The van der Waals surface area contributed by atoms with Gasteiger partial charge in [0.1, 0.15) is 0 Å². The van der Waals surface area contributed by atoms with Crippen LogP contribution in [-0.4, -0.2) is 71.1 Å². The molecule has 0 atom stereocenters. The zero-order valence-electron chi connectivity index (χ0n) is 18.9. The van der Waals surface area contributed by atoms with Crippen LogP contribution in [0.4, 0.5) is 42.1 Å². The van der Waals surface area contributed by atoms with E-state index in [4.69, 9.17) is 21.4 Å². The van der Waals surface area contributed by atoms with Crippen molar-refractivity contribution in [3.63, 3.8) is 0 Å². The van der Waals surface area contributed by atoms with Crippen molar-refractivity contribution < 1.29 is 42.3 Å². The minimum absolute atomic E-state index is 0.173. The summed E-state index contributed by atoms with van der Waals surface area (Å²) in [5.74, 6) is -4.22. The summed E-state index contributed by atoms with van der Waals surface area (Å²) in [4.78, 5) is 52.0. The third-order valence-electron chi connectivity index (χ3n) is 4.26. The van der Waals surface area contributed by atoms with E-state index < -0.39 is 28.7 Å². The number of aliphatic carboxylic acids is 1. The Morgan fingerprint density at radius 1 is 1.19 bits per heavy atom. The number of carbonyl (C=O) groups is 3. The summed E-state index contributed by atoms with van der Waals surface area (Å²) in [6.07, 6.45) is -4.91. The number of carboxylic acid groups (broad SMARTS) is 1. The van der Waals surface area contributed by atoms with Crippen LogP contribution in [0.25, 0.3) is 0 Å². The molecule has 2 aromatic rings. The number of hydrogen-bond acceptors (Lipinski definition) is 12. The minimum atomic E-state index is -5.08. The molecule has 0 fully saturated rings. The van der Waals surface area contributed by atoms with Crippen LogP contribution in [0.2, 0.25) is 0 Å². The molecule has 0 aliphatic rings. The number of anilines is 4. The molecule has 0 saturated heterocycles. The maximum atomic E-state index is 12.2. The van der Waals surface area contributed by atoms with E-state index in [1.807, 2.05) is 4.90 Å². The van der Waals surface area contributed by atoms with Gasteiger partial charge in [-0.2, -0.15) is 23.1 Å². The van der Waals surface area contributed by atoms with Gasteiger partial charge in [0.15, 0.2) is 5.78 Å². The lowest BCUT2D eigenvalue weighted by Gasteiger charge is -2.19. The molecular weight excluding hydrogens is 495 g/mol. The van der Waals surface area contributed by atoms with Crippen LogP contribution >= 0.6 is 0 Å². The SMILES string of the molecule is COC(=O)c1ccc(N(C)CCC(=O)CNc2nc(N)nc(N)c2[N+](=O)[O-])cc1.O=C(O)C(F)(F)F. The zero-order valence-corrected chi connectivity index (χ0v) is 18.9. The molecule has 0 unspecified atom stereocenters. The number of aromatic nitrogens is 2. The number of esters is 1. The average Bonchev–Trinajstić information content (AvgIpc) is 2.79. The van der Waals surface area contributed by atoms with E-state index in [0.717, 1.165) is 5.69 Å². The number of methoxy groups -OCH3 is 1. The Morgan fingerprint density at radius 2 is 1.75 bits per heavy atom. The molecule has 0 saturated carbocycles. The number of nitrogen functional groups attached to an aromatic ring is 2. The van der Waals surface area contributed by atoms with Crippen molar-refractivity contribution in [3.05, 3.63) is 39.9 Å². The van der Waals surface area contributed by atoms with Crippen LogP contribution in [0.3, 0.4) is 0 Å². The Bertz CT molecular complexity index is 1110. The van der Waals surface area contributed by atoms with Crippen LogP contribution in [0.15, 0.2) is 24.3 Å². The molecule has 196 valence electrons. The highest BCUT2D eigenvalue weighted by molar-refractivity contribution is 5.89. The molecular formula is C19H22F3N7O7. The number of ketones is 1. The maximum Gasteiger partial charge on any atom is 0.490 e. The van der Waals surface area contributed by atoms with Crippen molar-refractivity contribution in [2.75, 3.05) is 48.9 Å². The molecule has 2 rings (SSSR count). The van der Waals surface area contributed by atoms with E-state index in [0.29, 0.717) is 12.1 Å². The Kier molecular flexibility index (Phi) is 10.3. The molecule has 1 heterocycles. The largest absolute Gasteiger partial charge is 0.490 e. The lowest BCUT2D eigenvalue weighted by atomic mass is 10.2. The molecule has 36 heavy (non-hydrogen) atoms. The van der Waals surface area contributed by atoms with Crippen molar-refractivity contribution >= 4 is 46.7 Å². The van der Waals surface area contributed by atoms with Gasteiger partial charge >= 0.3 is 23.8 Å². The molecule has 1 aromatic heterocycles. The monoisotopic (exact) mass is 517 g/mol. The second-order valence-electron chi connectivity index (χ2n) is 6.83. The van der Waals surface area contributed by atoms with Crippen molar-refractivity contribution in [2.24, 2.45) is 0 Å². The Hall–Kier alpha value is -4.70. The molecule has 0 radical (unpaired) electrons. The van der Waals surface area contributed by atoms with Crippen LogP contribution in [0.5, 0.6) is 0 Å². The fourth-order valence-corrected chi connectivity index (χ4v) is 2.46. The Balaban J connectivity index is 0.000000809. The van der Waals surface area contributed by atoms with Gasteiger partial charge in [-0.15, -0.1) is 0 Å². The molecule has 0 bridgehead atoms. The van der Waals surface area contributed by atoms with Gasteiger partial charge in [-0.1, -0.05) is 0 Å². The molecule has 0 spiro atoms. The number of nitro groups is 1. The maximum absolute atomic E-state index is 12.2. The number of nitrogens with two attached hydrogens (primary N) is 2. The summed E-state index contributed by atoms with van der Waals surface area (Å²) in [5, 5.41) is 20.8. The van der Waals surface area contributed by atoms with Crippen molar-refractivity contribution in [2.45, 2.75) is 12.6 Å². The Labute approximate surface area is 201 Å². The summed E-state index contributed by atoms with van der Waals surface area (Å²) in [6, 6.07) is 6.74. The highest BCUT2D eigenvalue weighted by Crippen LogP contribution is 2.28. The first-order chi connectivity index (χ1) is 16.7. The summed E-state index contributed by atoms with van der Waals surface area (Å²) in [7, 11) is 3.10. The second kappa shape index (κ2) is 12.7. The number of ether oxygens (including phenoxy) is 1. The summed E-state index contributed by atoms with van der Waals surface area (Å²) >= 11 is 0. The first-order valence-electron chi connectivity index (χ1n) is 9.69. The number of nitrogens with zero attached hydrogens (tertiary/aromatic N) is 4. The van der Waals surface area contributed by atoms with Gasteiger partial charge in [0, 0.05) is 25.7 Å². The highest BCUT2D eigenvalue weighted by Gasteiger charge is 2.38. The number of carboxylic acids is 1. The number of hydrogen-bond donors (Lipinski definition) is 4. The lowest BCUT2D eigenvalue weighted by Crippen LogP contribution is -2.24. The number of alkyl halides is 3. The van der Waals surface area contributed by atoms with Crippen LogP contribution in [-0.2, 0) is 14.3 Å². The van der Waals surface area contributed by atoms with Gasteiger partial charge in [0.2, 0.25) is 17.6 Å². The summed E-state index contributed by atoms with van der Waals surface area (Å²) in [5.41, 5.74) is 11.7. The quantitative estimate of drug-likeness (QED) is 0.211. The fraction of sp³-hybridized carbons (Fsp3) is 0.316. The first kappa shape index (κ1) is 29.3. The number of carbonyl (C=O) groups excluding carboxylic acids is 2. The molecule has 0 aliphatic heterocycles. The Morgan fingerprint density at radius 3 is 2.22 bits per heavy atom. The summed E-state index contributed by atoms with van der Waals surface area (Å²) in [6.45, 7) is 0.208. The third kappa shape index (κ3) is 8.92. The van der Waals surface area contributed by atoms with Crippen molar-refractivity contribution in [1.29, 1.82) is 0 Å². The van der Waals surface area contributed by atoms with Crippen molar-refractivity contribution in [1.82, 2.24) is 9.97 Å². The standard InChI is InChI=1S/C17H21N7O5.C2HF3O2/c1-23(11-5-3-10(4-6-11)16(26)29-2)8-7-12(25)9-20-15-13(24(27)28)14(18)21-17(19)22-15;3-2(4,5)1(6)7/h3-6H,7-9H2,1-2H3,(H5,18,19,20,21,22);(H,6,7). The molecule has 0 amide bonds. The molecule has 17 heteroatoms. The first-order valence-corrected chi connectivity index (χ1v) is 9.69. The number of rotatable bonds is 9. The molecule has 6 N–H and O–H groups in total. The normalized spacial score (nSPS) is 10.5. The number of halogens is 3. The van der Waals surface area contributed by atoms with Gasteiger partial charge in [-0.3, -0.25) is 14.9 Å². The van der Waals surface area contributed by atoms with E-state index in [1.165, 1.54) is 7.11 Å². The van der Waals surface area contributed by atoms with Crippen LogP contribution < -0.4 is 21.7 Å². The highest BCUT2D eigenvalue weighted by atomic mass is 19.4. The van der Waals surface area contributed by atoms with E-state index in [-0.39, 0.29) is 36.3 Å². The minimum Gasteiger partial charge on any atom is -0.475 e. The third-order valence-corrected chi connectivity index (χ3v) is 4.26. The fourth-order valence-electron chi connectivity index (χ4n) is 2.46. The van der Waals surface area contributed by atoms with Crippen molar-refractivity contribution in [3.8, 4) is 0 Å². The molecule has 14 nitrogen and oxygen atoms in total. The number of benzene rings is 1. The van der Waals surface area contributed by atoms with Crippen LogP contribution in [0, 0.1) is 10.1 Å². The molecule has 1 aromatic carbocycles. The van der Waals surface area contributed by atoms with E-state index >= 15 is 0 Å². The predicted octanol–water partition coefficient (Wildman–Crippen LogP) is 1.48. The van der Waals surface area contributed by atoms with E-state index in [9.17, 15) is 32.9 Å². The van der Waals surface area contributed by atoms with Gasteiger partial charge in [0.05, 0.1) is 24.1 Å². The zero-order chi connectivity index (χ0) is 27.6. The lowest BCUT2D eigenvalue weighted by molar-refractivity contribution is -0.383. The molecule has 0 aliphatic carbocycles. The topological polar surface area (TPSA) is 217 Å². The average molecular weight is 517 g/mol. The second-order valence-corrected chi connectivity index (χ2v) is 6.83. The van der Waals surface area contributed by atoms with Gasteiger partial charge in [0.25, 0.3) is 0 Å². The van der Waals surface area contributed by atoms with Gasteiger partial charge in [-0.25, -0.2) is 9.59 Å². The predicted molar refractivity (Wildman–Crippen MR) is 120 cm³/mol. The van der Waals surface area contributed by atoms with Gasteiger partial charge in [-0.05, 0) is 24.3 Å². The van der Waals surface area contributed by atoms with E-state index in [1.54, 1.807) is 31.3 Å². The smallest absolute Gasteiger partial charge is 0.475 e. The van der Waals surface area contributed by atoms with Gasteiger partial charge < -0.3 is 31.5 Å². The number of nitrogens with one attached hydrogen (secondary N) is 1. The van der Waals surface area contributed by atoms with Crippen LogP contribution in [0.1, 0.15) is 16.8 Å². The number of Topliss-reactive ketones (excluding diaryl/α,β-unsaturated/α-hetero) is 1. The van der Waals surface area contributed by atoms with E-state index in [2.05, 4.69) is 20.0 Å². The summed E-state index contributed by atoms with van der Waals surface area (Å²) < 4.78 is 36.4.